The SMILES string of the molecule is O=P([O-])([O-])OCC(O)CO.[Cs+].[Cs+]. The number of hydrogen-bond acceptors (Lipinski definition) is 6. The molecule has 12 heavy (non-hydrogen) atoms. The Hall–Kier alpha value is 4.13. The van der Waals surface area contributed by atoms with Crippen molar-refractivity contribution < 1.29 is 167 Å². The summed E-state index contributed by atoms with van der Waals surface area (Å²) in [5, 5.41) is 16.6. The summed E-state index contributed by atoms with van der Waals surface area (Å²) >= 11 is 0. The molecular formula is C3H7Cs2O6P. The zero-order chi connectivity index (χ0) is 8.20. The van der Waals surface area contributed by atoms with Crippen molar-refractivity contribution in [2.75, 3.05) is 13.2 Å². The van der Waals surface area contributed by atoms with Crippen molar-refractivity contribution in [1.82, 2.24) is 0 Å². The Morgan fingerprint density at radius 3 is 2.08 bits per heavy atom. The number of hydrogen-bond donors (Lipinski definition) is 2. The maximum atomic E-state index is 9.71. The maximum Gasteiger partial charge on any atom is 1.00 e. The van der Waals surface area contributed by atoms with Crippen LogP contribution in [0, 0.1) is 0 Å². The Morgan fingerprint density at radius 2 is 1.83 bits per heavy atom. The second-order valence-electron chi connectivity index (χ2n) is 1.58. The van der Waals surface area contributed by atoms with Crippen LogP contribution >= 0.6 is 7.82 Å². The molecule has 0 saturated carbocycles. The molecule has 0 saturated heterocycles. The van der Waals surface area contributed by atoms with Gasteiger partial charge in [0.15, 0.2) is 0 Å². The van der Waals surface area contributed by atoms with Crippen LogP contribution in [-0.2, 0) is 9.09 Å². The number of rotatable bonds is 4. The van der Waals surface area contributed by atoms with Crippen molar-refractivity contribution in [3.05, 3.63) is 0 Å². The van der Waals surface area contributed by atoms with Crippen LogP contribution in [0.5, 0.6) is 0 Å². The predicted octanol–water partition coefficient (Wildman–Crippen LogP) is -8.81. The summed E-state index contributed by atoms with van der Waals surface area (Å²) in [4.78, 5) is 19.4. The van der Waals surface area contributed by atoms with Crippen LogP contribution in [0.2, 0.25) is 0 Å². The fraction of sp³-hybridized carbons (Fsp3) is 1.00. The van der Waals surface area contributed by atoms with Crippen LogP contribution in [0.1, 0.15) is 0 Å². The van der Waals surface area contributed by atoms with E-state index in [2.05, 4.69) is 4.52 Å². The fourth-order valence-electron chi connectivity index (χ4n) is 0.230. The monoisotopic (exact) mass is 436 g/mol. The topological polar surface area (TPSA) is 113 Å². The average molecular weight is 436 g/mol. The van der Waals surface area contributed by atoms with Crippen LogP contribution in [0.25, 0.3) is 0 Å². The Labute approximate surface area is 188 Å². The molecule has 0 aromatic carbocycles. The number of phosphoric acid groups is 1. The van der Waals surface area contributed by atoms with Gasteiger partial charge < -0.3 is 29.1 Å². The van der Waals surface area contributed by atoms with E-state index in [0.717, 1.165) is 0 Å². The molecule has 0 spiro atoms. The van der Waals surface area contributed by atoms with Crippen molar-refractivity contribution >= 4 is 7.82 Å². The molecular weight excluding hydrogens is 429 g/mol. The van der Waals surface area contributed by atoms with E-state index in [4.69, 9.17) is 10.2 Å². The zero-order valence-corrected chi connectivity index (χ0v) is 20.4. The molecule has 0 heterocycles. The Kier molecular flexibility index (Phi) is 20.7. The largest absolute Gasteiger partial charge is 1.00 e. The molecule has 1 atom stereocenters. The van der Waals surface area contributed by atoms with Gasteiger partial charge in [0.2, 0.25) is 0 Å². The third kappa shape index (κ3) is 16.6. The van der Waals surface area contributed by atoms with Gasteiger partial charge in [0, 0.05) is 0 Å². The van der Waals surface area contributed by atoms with Crippen LogP contribution in [-0.4, -0.2) is 29.5 Å². The van der Waals surface area contributed by atoms with Gasteiger partial charge in [0.1, 0.15) is 6.10 Å². The Bertz CT molecular complexity index is 137. The molecule has 0 amide bonds. The minimum atomic E-state index is -5.00. The third-order valence-corrected chi connectivity index (χ3v) is 1.10. The van der Waals surface area contributed by atoms with E-state index in [1.54, 1.807) is 0 Å². The van der Waals surface area contributed by atoms with Gasteiger partial charge in [-0.25, -0.2) is 0 Å². The first-order valence-corrected chi connectivity index (χ1v) is 3.87. The fourth-order valence-corrected chi connectivity index (χ4v) is 0.585. The summed E-state index contributed by atoms with van der Waals surface area (Å²) < 4.78 is 13.3. The molecule has 1 unspecified atom stereocenters. The molecule has 0 rings (SSSR count). The van der Waals surface area contributed by atoms with Gasteiger partial charge in [-0.3, -0.25) is 0 Å². The summed E-state index contributed by atoms with van der Waals surface area (Å²) in [6.45, 7) is -1.33. The molecule has 0 aliphatic rings. The van der Waals surface area contributed by atoms with Gasteiger partial charge >= 0.3 is 138 Å². The van der Waals surface area contributed by atoms with E-state index < -0.39 is 27.1 Å². The van der Waals surface area contributed by atoms with Crippen LogP contribution in [0.15, 0.2) is 0 Å². The molecule has 0 radical (unpaired) electrons. The van der Waals surface area contributed by atoms with Gasteiger partial charge in [-0.05, 0) is 0 Å². The maximum absolute atomic E-state index is 9.71. The molecule has 9 heteroatoms. The molecule has 62 valence electrons. The molecule has 0 bridgehead atoms. The summed E-state index contributed by atoms with van der Waals surface area (Å²) in [5.41, 5.74) is 0. The average Bonchev–Trinajstić information content (AvgIpc) is 1.81. The van der Waals surface area contributed by atoms with E-state index in [1.807, 2.05) is 0 Å². The van der Waals surface area contributed by atoms with Gasteiger partial charge in [0.05, 0.1) is 21.0 Å². The summed E-state index contributed by atoms with van der Waals surface area (Å²) in [6, 6.07) is 0. The van der Waals surface area contributed by atoms with Crippen molar-refractivity contribution in [2.45, 2.75) is 6.10 Å². The first kappa shape index (κ1) is 21.4. The van der Waals surface area contributed by atoms with E-state index in [0.29, 0.717) is 0 Å². The first-order chi connectivity index (χ1) is 4.45. The number of aliphatic hydroxyl groups is 2. The number of phosphoric ester groups is 1. The van der Waals surface area contributed by atoms with Gasteiger partial charge in [0.25, 0.3) is 0 Å². The smallest absolute Gasteiger partial charge is 0.790 e. The standard InChI is InChI=1S/C3H9O6P.2Cs/c4-1-3(5)2-9-10(6,7)8;;/h3-5H,1-2H2,(H2,6,7,8);;/q;2*+1/p-2. The molecule has 0 aliphatic heterocycles. The minimum Gasteiger partial charge on any atom is -0.790 e. The van der Waals surface area contributed by atoms with Crippen LogP contribution in [0.3, 0.4) is 0 Å². The summed E-state index contributed by atoms with van der Waals surface area (Å²) in [6.07, 6.45) is -1.32. The Morgan fingerprint density at radius 1 is 1.42 bits per heavy atom. The molecule has 0 aromatic rings. The summed E-state index contributed by atoms with van der Waals surface area (Å²) in [7, 11) is -5.00. The second kappa shape index (κ2) is 11.6. The molecule has 0 fully saturated rings. The molecule has 0 aliphatic carbocycles. The van der Waals surface area contributed by atoms with E-state index >= 15 is 0 Å². The van der Waals surface area contributed by atoms with E-state index in [1.165, 1.54) is 0 Å². The van der Waals surface area contributed by atoms with Gasteiger partial charge in [-0.1, -0.05) is 0 Å². The van der Waals surface area contributed by atoms with Crippen molar-refractivity contribution in [3.63, 3.8) is 0 Å². The Balaban J connectivity index is -0.000000405. The van der Waals surface area contributed by atoms with E-state index in [-0.39, 0.29) is 138 Å². The van der Waals surface area contributed by atoms with E-state index in [9.17, 15) is 14.4 Å². The summed E-state index contributed by atoms with van der Waals surface area (Å²) in [5.74, 6) is 0. The first-order valence-electron chi connectivity index (χ1n) is 2.41. The van der Waals surface area contributed by atoms with Crippen molar-refractivity contribution in [3.8, 4) is 0 Å². The van der Waals surface area contributed by atoms with Crippen LogP contribution < -0.4 is 148 Å². The molecule has 0 aromatic heterocycles. The van der Waals surface area contributed by atoms with Crippen LogP contribution in [0.4, 0.5) is 0 Å². The zero-order valence-electron chi connectivity index (χ0n) is 6.97. The number of aliphatic hydroxyl groups excluding tert-OH is 2. The minimum absolute atomic E-state index is 0. The third-order valence-electron chi connectivity index (χ3n) is 0.636. The van der Waals surface area contributed by atoms with Gasteiger partial charge in [-0.2, -0.15) is 0 Å². The quantitative estimate of drug-likeness (QED) is 0.424. The van der Waals surface area contributed by atoms with Gasteiger partial charge in [-0.15, -0.1) is 0 Å². The molecule has 2 N–H and O–H groups in total. The normalized spacial score (nSPS) is 12.7. The predicted molar refractivity (Wildman–Crippen MR) is 26.7 cm³/mol. The second-order valence-corrected chi connectivity index (χ2v) is 2.73. The van der Waals surface area contributed by atoms with Crippen molar-refractivity contribution in [2.24, 2.45) is 0 Å². The van der Waals surface area contributed by atoms with Crippen molar-refractivity contribution in [1.29, 1.82) is 0 Å². The molecule has 6 nitrogen and oxygen atoms in total.